The van der Waals surface area contributed by atoms with E-state index in [0.29, 0.717) is 11.3 Å². The topological polar surface area (TPSA) is 108 Å². The van der Waals surface area contributed by atoms with Gasteiger partial charge in [-0.3, -0.25) is 19.3 Å². The zero-order valence-corrected chi connectivity index (χ0v) is 16.5. The Kier molecular flexibility index (Phi) is 5.56. The number of hydrogen-bond donors (Lipinski definition) is 3. The van der Waals surface area contributed by atoms with E-state index in [2.05, 4.69) is 16.0 Å². The van der Waals surface area contributed by atoms with Gasteiger partial charge in [-0.25, -0.2) is 4.79 Å². The van der Waals surface area contributed by atoms with Gasteiger partial charge >= 0.3 is 6.03 Å². The highest BCUT2D eigenvalue weighted by atomic mass is 35.5. The molecule has 0 aliphatic carbocycles. The number of benzene rings is 2. The van der Waals surface area contributed by atoms with E-state index in [1.165, 1.54) is 25.2 Å². The number of carbonyl (C=O) groups excluding carboxylic acids is 4. The highest BCUT2D eigenvalue weighted by Crippen LogP contribution is 2.28. The molecule has 1 atom stereocenters. The molecular formula is C20H19ClN4O4. The fraction of sp³-hybridized carbons (Fsp3) is 0.200. The second-order valence-corrected chi connectivity index (χ2v) is 7.04. The molecule has 1 unspecified atom stereocenters. The van der Waals surface area contributed by atoms with Crippen molar-refractivity contribution < 1.29 is 19.2 Å². The molecule has 1 heterocycles. The molecule has 150 valence electrons. The molecule has 9 heteroatoms. The van der Waals surface area contributed by atoms with Crippen LogP contribution in [-0.4, -0.2) is 42.2 Å². The predicted molar refractivity (Wildman–Crippen MR) is 108 cm³/mol. The Morgan fingerprint density at radius 3 is 2.48 bits per heavy atom. The standard InChI is InChI=1S/C20H19ClN4O4/c1-20(12-6-4-3-5-7-12)18(28)25(19(29)24-20)11-16(26)23-13-8-9-15(21)14(10-13)17(27)22-2/h3-10H,11H2,1-2H3,(H,22,27)(H,23,26)(H,24,29). The second-order valence-electron chi connectivity index (χ2n) is 6.63. The molecule has 0 saturated carbocycles. The van der Waals surface area contributed by atoms with E-state index in [4.69, 9.17) is 11.6 Å². The number of hydrogen-bond acceptors (Lipinski definition) is 4. The third-order valence-electron chi connectivity index (χ3n) is 4.65. The maximum absolute atomic E-state index is 12.8. The van der Waals surface area contributed by atoms with Crippen LogP contribution in [0.1, 0.15) is 22.8 Å². The minimum absolute atomic E-state index is 0.193. The molecule has 1 aliphatic heterocycles. The first kappa shape index (κ1) is 20.3. The lowest BCUT2D eigenvalue weighted by atomic mass is 9.92. The summed E-state index contributed by atoms with van der Waals surface area (Å²) in [5.74, 6) is -1.51. The summed E-state index contributed by atoms with van der Waals surface area (Å²) in [6.07, 6.45) is 0. The van der Waals surface area contributed by atoms with Gasteiger partial charge in [0.15, 0.2) is 0 Å². The third-order valence-corrected chi connectivity index (χ3v) is 4.98. The van der Waals surface area contributed by atoms with Crippen LogP contribution in [0.25, 0.3) is 0 Å². The summed E-state index contributed by atoms with van der Waals surface area (Å²) >= 11 is 5.99. The number of nitrogens with zero attached hydrogens (tertiary/aromatic N) is 1. The number of urea groups is 1. The van der Waals surface area contributed by atoms with E-state index in [1.54, 1.807) is 37.3 Å². The van der Waals surface area contributed by atoms with Gasteiger partial charge in [0.2, 0.25) is 5.91 Å². The van der Waals surface area contributed by atoms with Crippen molar-refractivity contribution in [2.45, 2.75) is 12.5 Å². The number of carbonyl (C=O) groups is 4. The zero-order valence-electron chi connectivity index (χ0n) is 15.8. The largest absolute Gasteiger partial charge is 0.355 e. The number of halogens is 1. The lowest BCUT2D eigenvalue weighted by Crippen LogP contribution is -2.42. The van der Waals surface area contributed by atoms with Crippen molar-refractivity contribution in [2.75, 3.05) is 18.9 Å². The molecule has 1 fully saturated rings. The summed E-state index contributed by atoms with van der Waals surface area (Å²) in [5, 5.41) is 7.90. The molecule has 29 heavy (non-hydrogen) atoms. The van der Waals surface area contributed by atoms with Crippen LogP contribution in [-0.2, 0) is 15.1 Å². The fourth-order valence-corrected chi connectivity index (χ4v) is 3.27. The van der Waals surface area contributed by atoms with Crippen molar-refractivity contribution in [1.29, 1.82) is 0 Å². The highest BCUT2D eigenvalue weighted by molar-refractivity contribution is 6.34. The maximum Gasteiger partial charge on any atom is 0.325 e. The van der Waals surface area contributed by atoms with Gasteiger partial charge in [0.25, 0.3) is 11.8 Å². The molecule has 0 aromatic heterocycles. The van der Waals surface area contributed by atoms with E-state index in [9.17, 15) is 19.2 Å². The summed E-state index contributed by atoms with van der Waals surface area (Å²) in [7, 11) is 1.46. The van der Waals surface area contributed by atoms with Gasteiger partial charge in [-0.1, -0.05) is 41.9 Å². The van der Waals surface area contributed by atoms with Crippen LogP contribution in [0.5, 0.6) is 0 Å². The van der Waals surface area contributed by atoms with E-state index in [-0.39, 0.29) is 10.6 Å². The first-order valence-corrected chi connectivity index (χ1v) is 9.15. The van der Waals surface area contributed by atoms with Gasteiger partial charge in [-0.05, 0) is 30.7 Å². The summed E-state index contributed by atoms with van der Waals surface area (Å²) in [6, 6.07) is 12.6. The fourth-order valence-electron chi connectivity index (χ4n) is 3.06. The minimum Gasteiger partial charge on any atom is -0.355 e. The molecule has 1 saturated heterocycles. The quantitative estimate of drug-likeness (QED) is 0.651. The summed E-state index contributed by atoms with van der Waals surface area (Å²) < 4.78 is 0. The van der Waals surface area contributed by atoms with Crippen LogP contribution in [0.4, 0.5) is 10.5 Å². The molecule has 2 aromatic carbocycles. The Hall–Kier alpha value is -3.39. The molecule has 3 rings (SSSR count). The van der Waals surface area contributed by atoms with E-state index >= 15 is 0 Å². The third kappa shape index (κ3) is 3.93. The number of amides is 5. The van der Waals surface area contributed by atoms with E-state index in [0.717, 1.165) is 4.90 Å². The number of imide groups is 1. The van der Waals surface area contributed by atoms with Crippen molar-refractivity contribution in [3.63, 3.8) is 0 Å². The normalized spacial score (nSPS) is 18.4. The monoisotopic (exact) mass is 414 g/mol. The van der Waals surface area contributed by atoms with Crippen molar-refractivity contribution in [2.24, 2.45) is 0 Å². The average Bonchev–Trinajstić information content (AvgIpc) is 2.93. The average molecular weight is 415 g/mol. The van der Waals surface area contributed by atoms with Crippen LogP contribution < -0.4 is 16.0 Å². The Labute approximate surface area is 172 Å². The second kappa shape index (κ2) is 7.92. The van der Waals surface area contributed by atoms with Gasteiger partial charge < -0.3 is 16.0 Å². The van der Waals surface area contributed by atoms with Crippen molar-refractivity contribution >= 4 is 41.0 Å². The molecule has 0 spiro atoms. The Morgan fingerprint density at radius 2 is 1.83 bits per heavy atom. The van der Waals surface area contributed by atoms with Crippen molar-refractivity contribution in [3.8, 4) is 0 Å². The van der Waals surface area contributed by atoms with Crippen molar-refractivity contribution in [3.05, 3.63) is 64.7 Å². The molecule has 8 nitrogen and oxygen atoms in total. The van der Waals surface area contributed by atoms with Gasteiger partial charge in [0.1, 0.15) is 12.1 Å². The van der Waals surface area contributed by atoms with Gasteiger partial charge in [0.05, 0.1) is 10.6 Å². The number of nitrogens with one attached hydrogen (secondary N) is 3. The van der Waals surface area contributed by atoms with Gasteiger partial charge in [0, 0.05) is 12.7 Å². The highest BCUT2D eigenvalue weighted by Gasteiger charge is 2.49. The minimum atomic E-state index is -1.24. The Balaban J connectivity index is 1.74. The molecule has 2 aromatic rings. The zero-order chi connectivity index (χ0) is 21.2. The summed E-state index contributed by atoms with van der Waals surface area (Å²) in [6.45, 7) is 1.13. The van der Waals surface area contributed by atoms with Crippen LogP contribution >= 0.6 is 11.6 Å². The Bertz CT molecular complexity index is 995. The molecular weight excluding hydrogens is 396 g/mol. The van der Waals surface area contributed by atoms with E-state index in [1.807, 2.05) is 0 Å². The molecule has 0 bridgehead atoms. The molecule has 5 amide bonds. The van der Waals surface area contributed by atoms with Gasteiger partial charge in [-0.15, -0.1) is 0 Å². The summed E-state index contributed by atoms with van der Waals surface area (Å²) in [4.78, 5) is 50.3. The van der Waals surface area contributed by atoms with Crippen LogP contribution in [0.15, 0.2) is 48.5 Å². The number of anilines is 1. The van der Waals surface area contributed by atoms with Crippen LogP contribution in [0.3, 0.4) is 0 Å². The molecule has 3 N–H and O–H groups in total. The first-order chi connectivity index (χ1) is 13.8. The smallest absolute Gasteiger partial charge is 0.325 e. The van der Waals surface area contributed by atoms with Crippen LogP contribution in [0, 0.1) is 0 Å². The molecule has 0 radical (unpaired) electrons. The lowest BCUT2D eigenvalue weighted by Gasteiger charge is -2.22. The predicted octanol–water partition coefficient (Wildman–Crippen LogP) is 2.11. The van der Waals surface area contributed by atoms with Crippen molar-refractivity contribution in [1.82, 2.24) is 15.5 Å². The SMILES string of the molecule is CNC(=O)c1cc(NC(=O)CN2C(=O)NC(C)(c3ccccc3)C2=O)ccc1Cl. The van der Waals surface area contributed by atoms with E-state index < -0.39 is 35.8 Å². The van der Waals surface area contributed by atoms with Gasteiger partial charge in [-0.2, -0.15) is 0 Å². The Morgan fingerprint density at radius 1 is 1.14 bits per heavy atom. The maximum atomic E-state index is 12.8. The molecule has 1 aliphatic rings. The lowest BCUT2D eigenvalue weighted by molar-refractivity contribution is -0.133. The first-order valence-electron chi connectivity index (χ1n) is 8.77. The van der Waals surface area contributed by atoms with Crippen LogP contribution in [0.2, 0.25) is 5.02 Å². The summed E-state index contributed by atoms with van der Waals surface area (Å²) in [5.41, 5.74) is -0.116. The number of rotatable bonds is 5.